The molecule has 0 atom stereocenters. The van der Waals surface area contributed by atoms with Crippen LogP contribution in [-0.2, 0) is 11.8 Å². The first-order valence-electron chi connectivity index (χ1n) is 9.48. The molecule has 2 aliphatic heterocycles. The van der Waals surface area contributed by atoms with Crippen molar-refractivity contribution in [3.8, 4) is 24.3 Å². The van der Waals surface area contributed by atoms with Crippen LogP contribution < -0.4 is 4.90 Å². The van der Waals surface area contributed by atoms with Crippen LogP contribution >= 0.6 is 0 Å². The summed E-state index contributed by atoms with van der Waals surface area (Å²) in [5.74, 6) is -0.869. The zero-order valence-corrected chi connectivity index (χ0v) is 15.8. The lowest BCUT2D eigenvalue weighted by Crippen LogP contribution is -2.33. The molecule has 2 aromatic rings. The molecule has 2 heterocycles. The van der Waals surface area contributed by atoms with Gasteiger partial charge in [-0.25, -0.2) is 0 Å². The van der Waals surface area contributed by atoms with Gasteiger partial charge in [0.05, 0.1) is 24.3 Å². The van der Waals surface area contributed by atoms with E-state index in [0.29, 0.717) is 16.7 Å². The molecule has 0 saturated carbocycles. The van der Waals surface area contributed by atoms with Gasteiger partial charge < -0.3 is 4.90 Å². The van der Waals surface area contributed by atoms with E-state index in [0.717, 1.165) is 31.5 Å². The summed E-state index contributed by atoms with van der Waals surface area (Å²) in [4.78, 5) is 2.34. The lowest BCUT2D eigenvalue weighted by Gasteiger charge is -2.35. The van der Waals surface area contributed by atoms with Crippen molar-refractivity contribution in [2.45, 2.75) is 24.2 Å². The summed E-state index contributed by atoms with van der Waals surface area (Å²) in [5.41, 5.74) is 3.75. The number of hydrogen-bond donors (Lipinski definition) is 0. The molecule has 4 rings (SSSR count). The molecular weight excluding hydrogens is 358 g/mol. The van der Waals surface area contributed by atoms with Gasteiger partial charge in [-0.2, -0.15) is 21.0 Å². The van der Waals surface area contributed by atoms with E-state index in [4.69, 9.17) is 10.5 Å². The zero-order chi connectivity index (χ0) is 20.4. The third kappa shape index (κ3) is 2.82. The summed E-state index contributed by atoms with van der Waals surface area (Å²) < 4.78 is 0. The molecule has 5 nitrogen and oxygen atoms in total. The van der Waals surface area contributed by atoms with Crippen molar-refractivity contribution in [2.24, 2.45) is 0 Å². The second kappa shape index (κ2) is 7.16. The van der Waals surface area contributed by atoms with Gasteiger partial charge in [0, 0.05) is 18.8 Å². The zero-order valence-electron chi connectivity index (χ0n) is 15.8. The van der Waals surface area contributed by atoms with Gasteiger partial charge in [0.25, 0.3) is 0 Å². The van der Waals surface area contributed by atoms with Crippen molar-refractivity contribution in [3.63, 3.8) is 0 Å². The van der Waals surface area contributed by atoms with Gasteiger partial charge in [-0.05, 0) is 46.7 Å². The van der Waals surface area contributed by atoms with E-state index in [2.05, 4.69) is 29.2 Å². The highest BCUT2D eigenvalue weighted by Gasteiger charge is 2.37. The molecule has 0 aromatic heterocycles. The number of aryl methyl sites for hydroxylation is 1. The maximum Gasteiger partial charge on any atom is 0.193 e. The standard InChI is InChI=1S/C24H17N5/c25-13-20(14-26)17-5-7-21(8-6-17)24(15-27,16-28)22-11-18-3-1-9-29-10-2-4-19(12-22)23(18)29/h1,3,5-8,11-12,20H,2,4,9-10H2. The topological polar surface area (TPSA) is 98.4 Å². The first-order chi connectivity index (χ1) is 14.2. The summed E-state index contributed by atoms with van der Waals surface area (Å²) >= 11 is 0. The Bertz CT molecular complexity index is 1130. The van der Waals surface area contributed by atoms with Gasteiger partial charge in [0.15, 0.2) is 11.3 Å². The number of anilines is 1. The number of nitrogens with zero attached hydrogens (tertiary/aromatic N) is 5. The second-order valence-corrected chi connectivity index (χ2v) is 7.31. The van der Waals surface area contributed by atoms with Crippen LogP contribution in [0.15, 0.2) is 42.5 Å². The van der Waals surface area contributed by atoms with Crippen LogP contribution in [0.4, 0.5) is 5.69 Å². The molecule has 0 amide bonds. The first kappa shape index (κ1) is 18.3. The fourth-order valence-electron chi connectivity index (χ4n) is 4.25. The van der Waals surface area contributed by atoms with Crippen LogP contribution in [0.3, 0.4) is 0 Å². The fraction of sp³-hybridized carbons (Fsp3) is 0.250. The van der Waals surface area contributed by atoms with Crippen LogP contribution in [0.1, 0.15) is 40.2 Å². The van der Waals surface area contributed by atoms with Crippen LogP contribution in [0, 0.1) is 45.3 Å². The van der Waals surface area contributed by atoms with Crippen molar-refractivity contribution >= 4 is 11.8 Å². The van der Waals surface area contributed by atoms with Crippen LogP contribution in [0.2, 0.25) is 0 Å². The predicted molar refractivity (Wildman–Crippen MR) is 108 cm³/mol. The number of rotatable bonds is 3. The maximum atomic E-state index is 10.1. The molecule has 2 aromatic carbocycles. The number of nitriles is 4. The Morgan fingerprint density at radius 3 is 2.31 bits per heavy atom. The average Bonchev–Trinajstić information content (AvgIpc) is 2.77. The van der Waals surface area contributed by atoms with Crippen molar-refractivity contribution in [3.05, 3.63) is 70.3 Å². The molecule has 0 bridgehead atoms. The Labute approximate surface area is 169 Å². The molecule has 0 saturated heterocycles. The number of benzene rings is 2. The molecular formula is C24H17N5. The third-order valence-electron chi connectivity index (χ3n) is 5.74. The average molecular weight is 375 g/mol. The van der Waals surface area contributed by atoms with E-state index in [9.17, 15) is 10.5 Å². The Kier molecular flexibility index (Phi) is 4.52. The Hall–Kier alpha value is -4.06. The largest absolute Gasteiger partial charge is 0.367 e. The van der Waals surface area contributed by atoms with Crippen molar-refractivity contribution < 1.29 is 0 Å². The van der Waals surface area contributed by atoms with E-state index in [1.165, 1.54) is 11.3 Å². The van der Waals surface area contributed by atoms with Gasteiger partial charge >= 0.3 is 0 Å². The minimum Gasteiger partial charge on any atom is -0.367 e. The summed E-state index contributed by atoms with van der Waals surface area (Å²) in [6, 6.07) is 19.0. The monoisotopic (exact) mass is 375 g/mol. The lowest BCUT2D eigenvalue weighted by molar-refractivity contribution is 0.714. The van der Waals surface area contributed by atoms with Crippen LogP contribution in [0.25, 0.3) is 6.08 Å². The van der Waals surface area contributed by atoms with Gasteiger partial charge in [-0.3, -0.25) is 0 Å². The van der Waals surface area contributed by atoms with Gasteiger partial charge in [0.2, 0.25) is 0 Å². The van der Waals surface area contributed by atoms with E-state index in [-0.39, 0.29) is 0 Å². The minimum absolute atomic E-state index is 0.542. The molecule has 0 fully saturated rings. The summed E-state index contributed by atoms with van der Waals surface area (Å²) in [6.45, 7) is 1.91. The van der Waals surface area contributed by atoms with E-state index < -0.39 is 11.3 Å². The molecule has 0 spiro atoms. The summed E-state index contributed by atoms with van der Waals surface area (Å²) in [7, 11) is 0. The van der Waals surface area contributed by atoms with E-state index >= 15 is 0 Å². The highest BCUT2D eigenvalue weighted by Crippen LogP contribution is 2.40. The lowest BCUT2D eigenvalue weighted by atomic mass is 9.74. The molecule has 138 valence electrons. The van der Waals surface area contributed by atoms with E-state index in [1.807, 2.05) is 24.3 Å². The van der Waals surface area contributed by atoms with Crippen molar-refractivity contribution in [2.75, 3.05) is 18.0 Å². The highest BCUT2D eigenvalue weighted by atomic mass is 15.1. The van der Waals surface area contributed by atoms with Crippen LogP contribution in [-0.4, -0.2) is 13.1 Å². The fourth-order valence-corrected chi connectivity index (χ4v) is 4.25. The molecule has 0 unspecified atom stereocenters. The van der Waals surface area contributed by atoms with E-state index in [1.54, 1.807) is 24.3 Å². The smallest absolute Gasteiger partial charge is 0.193 e. The Morgan fingerprint density at radius 2 is 1.66 bits per heavy atom. The second-order valence-electron chi connectivity index (χ2n) is 7.31. The van der Waals surface area contributed by atoms with Gasteiger partial charge in [-0.1, -0.05) is 42.5 Å². The molecule has 0 N–H and O–H groups in total. The minimum atomic E-state index is -1.45. The predicted octanol–water partition coefficient (Wildman–Crippen LogP) is 3.93. The quantitative estimate of drug-likeness (QED) is 0.809. The van der Waals surface area contributed by atoms with Crippen molar-refractivity contribution in [1.82, 2.24) is 0 Å². The molecule has 5 heteroatoms. The normalized spacial score (nSPS) is 14.3. The third-order valence-corrected chi connectivity index (χ3v) is 5.74. The molecule has 0 radical (unpaired) electrons. The van der Waals surface area contributed by atoms with Gasteiger partial charge in [-0.15, -0.1) is 0 Å². The van der Waals surface area contributed by atoms with Crippen LogP contribution in [0.5, 0.6) is 0 Å². The maximum absolute atomic E-state index is 10.1. The Balaban J connectivity index is 1.85. The first-order valence-corrected chi connectivity index (χ1v) is 9.48. The van der Waals surface area contributed by atoms with Crippen molar-refractivity contribution in [1.29, 1.82) is 21.0 Å². The molecule has 2 aliphatic rings. The summed E-state index contributed by atoms with van der Waals surface area (Å²) in [5, 5.41) is 38.3. The summed E-state index contributed by atoms with van der Waals surface area (Å²) in [6.07, 6.45) is 6.16. The number of hydrogen-bond acceptors (Lipinski definition) is 5. The van der Waals surface area contributed by atoms with Gasteiger partial charge in [0.1, 0.15) is 0 Å². The molecule has 29 heavy (non-hydrogen) atoms. The Morgan fingerprint density at radius 1 is 0.931 bits per heavy atom. The molecule has 0 aliphatic carbocycles. The SMILES string of the molecule is N#CC(C#N)c1ccc(C(C#N)(C#N)c2cc3c4c(c2)CCCN4CC=C3)cc1. The highest BCUT2D eigenvalue weighted by molar-refractivity contribution is 5.77.